The molecule has 3 N–H and O–H groups in total. The van der Waals surface area contributed by atoms with Gasteiger partial charge in [-0.15, -0.1) is 0 Å². The minimum absolute atomic E-state index is 0.0874. The Labute approximate surface area is 132 Å². The first-order valence-corrected chi connectivity index (χ1v) is 9.09. The van der Waals surface area contributed by atoms with Gasteiger partial charge >= 0.3 is 0 Å². The SMILES string of the molecule is CC(C)CC(CN)NS(=O)(=O)Cc1cccc2cccnc12. The lowest BCUT2D eigenvalue weighted by Crippen LogP contribution is -2.41. The van der Waals surface area contributed by atoms with Crippen molar-refractivity contribution >= 4 is 20.9 Å². The van der Waals surface area contributed by atoms with Crippen molar-refractivity contribution in [3.05, 3.63) is 42.1 Å². The molecule has 1 aromatic heterocycles. The van der Waals surface area contributed by atoms with Crippen molar-refractivity contribution in [3.63, 3.8) is 0 Å². The molecule has 0 aliphatic carbocycles. The third-order valence-electron chi connectivity index (χ3n) is 3.45. The molecule has 0 saturated heterocycles. The van der Waals surface area contributed by atoms with Gasteiger partial charge in [0.15, 0.2) is 0 Å². The minimum Gasteiger partial charge on any atom is -0.329 e. The van der Waals surface area contributed by atoms with Crippen LogP contribution in [-0.4, -0.2) is 26.0 Å². The Hall–Kier alpha value is -1.50. The predicted octanol–water partition coefficient (Wildman–Crippen LogP) is 2.03. The largest absolute Gasteiger partial charge is 0.329 e. The molecule has 6 heteroatoms. The number of fused-ring (bicyclic) bond motifs is 1. The molecule has 1 heterocycles. The minimum atomic E-state index is -3.45. The molecule has 120 valence electrons. The molecule has 2 aromatic rings. The fraction of sp³-hybridized carbons (Fsp3) is 0.438. The molecule has 1 aromatic carbocycles. The Morgan fingerprint density at radius 1 is 1.23 bits per heavy atom. The molecule has 1 atom stereocenters. The van der Waals surface area contributed by atoms with Crippen LogP contribution in [0.15, 0.2) is 36.5 Å². The maximum atomic E-state index is 12.4. The Bertz CT molecular complexity index is 724. The smallest absolute Gasteiger partial charge is 0.216 e. The van der Waals surface area contributed by atoms with Gasteiger partial charge in [0.1, 0.15) is 0 Å². The summed E-state index contributed by atoms with van der Waals surface area (Å²) in [5.74, 6) is 0.297. The van der Waals surface area contributed by atoms with Crippen LogP contribution in [0, 0.1) is 5.92 Å². The van der Waals surface area contributed by atoms with Gasteiger partial charge < -0.3 is 5.73 Å². The molecule has 2 rings (SSSR count). The number of nitrogens with zero attached hydrogens (tertiary/aromatic N) is 1. The second-order valence-electron chi connectivity index (χ2n) is 5.93. The van der Waals surface area contributed by atoms with E-state index < -0.39 is 10.0 Å². The lowest BCUT2D eigenvalue weighted by molar-refractivity contribution is 0.465. The summed E-state index contributed by atoms with van der Waals surface area (Å²) in [5.41, 5.74) is 7.10. The van der Waals surface area contributed by atoms with E-state index in [1.807, 2.05) is 38.1 Å². The van der Waals surface area contributed by atoms with E-state index in [-0.39, 0.29) is 11.8 Å². The van der Waals surface area contributed by atoms with Gasteiger partial charge in [-0.3, -0.25) is 4.98 Å². The highest BCUT2D eigenvalue weighted by molar-refractivity contribution is 7.88. The number of nitrogens with one attached hydrogen (secondary N) is 1. The maximum absolute atomic E-state index is 12.4. The number of hydrogen-bond acceptors (Lipinski definition) is 4. The van der Waals surface area contributed by atoms with Crippen molar-refractivity contribution in [2.75, 3.05) is 6.54 Å². The van der Waals surface area contributed by atoms with Crippen molar-refractivity contribution in [1.29, 1.82) is 0 Å². The van der Waals surface area contributed by atoms with E-state index in [4.69, 9.17) is 5.73 Å². The van der Waals surface area contributed by atoms with Gasteiger partial charge in [-0.25, -0.2) is 13.1 Å². The second-order valence-corrected chi connectivity index (χ2v) is 7.69. The zero-order valence-electron chi connectivity index (χ0n) is 13.0. The highest BCUT2D eigenvalue weighted by Gasteiger charge is 2.19. The zero-order valence-corrected chi connectivity index (χ0v) is 13.8. The van der Waals surface area contributed by atoms with Gasteiger partial charge in [0.2, 0.25) is 10.0 Å². The van der Waals surface area contributed by atoms with Crippen molar-refractivity contribution < 1.29 is 8.42 Å². The number of nitrogens with two attached hydrogens (primary N) is 1. The molecule has 0 radical (unpaired) electrons. The standard InChI is InChI=1S/C16H23N3O2S/c1-12(2)9-15(10-17)19-22(20,21)11-14-6-3-5-13-7-4-8-18-16(13)14/h3-8,12,15,19H,9-11,17H2,1-2H3. The molecular formula is C16H23N3O2S. The monoisotopic (exact) mass is 321 g/mol. The highest BCUT2D eigenvalue weighted by atomic mass is 32.2. The molecule has 0 amide bonds. The zero-order chi connectivity index (χ0) is 16.2. The van der Waals surface area contributed by atoms with Crippen LogP contribution in [0.3, 0.4) is 0 Å². The molecule has 0 saturated carbocycles. The molecule has 0 bridgehead atoms. The second kappa shape index (κ2) is 7.17. The van der Waals surface area contributed by atoms with Crippen LogP contribution in [0.25, 0.3) is 10.9 Å². The molecular weight excluding hydrogens is 298 g/mol. The summed E-state index contributed by atoms with van der Waals surface area (Å²) in [5, 5.41) is 0.938. The molecule has 1 unspecified atom stereocenters. The average molecular weight is 321 g/mol. The van der Waals surface area contributed by atoms with Gasteiger partial charge in [0.25, 0.3) is 0 Å². The summed E-state index contributed by atoms with van der Waals surface area (Å²) in [6, 6.07) is 9.11. The summed E-state index contributed by atoms with van der Waals surface area (Å²) < 4.78 is 27.5. The van der Waals surface area contributed by atoms with E-state index in [0.717, 1.165) is 17.3 Å². The first-order valence-electron chi connectivity index (χ1n) is 7.44. The van der Waals surface area contributed by atoms with Crippen LogP contribution >= 0.6 is 0 Å². The first-order chi connectivity index (χ1) is 10.4. The van der Waals surface area contributed by atoms with Gasteiger partial charge in [-0.1, -0.05) is 38.1 Å². The molecule has 0 fully saturated rings. The summed E-state index contributed by atoms with van der Waals surface area (Å²) >= 11 is 0. The Balaban J connectivity index is 2.20. The molecule has 0 aliphatic heterocycles. The normalized spacial score (nSPS) is 13.6. The van der Waals surface area contributed by atoms with Crippen LogP contribution in [0.2, 0.25) is 0 Å². The van der Waals surface area contributed by atoms with E-state index in [2.05, 4.69) is 9.71 Å². The Morgan fingerprint density at radius 3 is 2.64 bits per heavy atom. The van der Waals surface area contributed by atoms with E-state index >= 15 is 0 Å². The lowest BCUT2D eigenvalue weighted by atomic mass is 10.1. The molecule has 0 aliphatic rings. The maximum Gasteiger partial charge on any atom is 0.216 e. The van der Waals surface area contributed by atoms with E-state index in [0.29, 0.717) is 18.0 Å². The average Bonchev–Trinajstić information content (AvgIpc) is 2.46. The number of pyridine rings is 1. The van der Waals surface area contributed by atoms with Crippen molar-refractivity contribution in [2.24, 2.45) is 11.7 Å². The molecule has 0 spiro atoms. The van der Waals surface area contributed by atoms with Gasteiger partial charge in [0.05, 0.1) is 11.3 Å². The number of para-hydroxylation sites is 1. The van der Waals surface area contributed by atoms with E-state index in [1.54, 1.807) is 12.3 Å². The summed E-state index contributed by atoms with van der Waals surface area (Å²) in [4.78, 5) is 4.30. The molecule has 5 nitrogen and oxygen atoms in total. The Kier molecular flexibility index (Phi) is 5.50. The first kappa shape index (κ1) is 16.9. The molecule has 22 heavy (non-hydrogen) atoms. The third-order valence-corrected chi connectivity index (χ3v) is 4.83. The van der Waals surface area contributed by atoms with Crippen LogP contribution in [0.5, 0.6) is 0 Å². The summed E-state index contributed by atoms with van der Waals surface area (Å²) in [7, 11) is -3.45. The van der Waals surface area contributed by atoms with Crippen LogP contribution in [0.4, 0.5) is 0 Å². The summed E-state index contributed by atoms with van der Waals surface area (Å²) in [6.45, 7) is 4.39. The van der Waals surface area contributed by atoms with Crippen LogP contribution in [-0.2, 0) is 15.8 Å². The van der Waals surface area contributed by atoms with Crippen LogP contribution < -0.4 is 10.5 Å². The topological polar surface area (TPSA) is 85.1 Å². The predicted molar refractivity (Wildman–Crippen MR) is 89.8 cm³/mol. The van der Waals surface area contributed by atoms with Crippen molar-refractivity contribution in [3.8, 4) is 0 Å². The Morgan fingerprint density at radius 2 is 1.95 bits per heavy atom. The number of hydrogen-bond donors (Lipinski definition) is 2. The van der Waals surface area contributed by atoms with Crippen LogP contribution in [0.1, 0.15) is 25.8 Å². The van der Waals surface area contributed by atoms with Gasteiger partial charge in [-0.2, -0.15) is 0 Å². The number of aromatic nitrogens is 1. The summed E-state index contributed by atoms with van der Waals surface area (Å²) in [6.07, 6.45) is 2.40. The van der Waals surface area contributed by atoms with E-state index in [9.17, 15) is 8.42 Å². The fourth-order valence-electron chi connectivity index (χ4n) is 2.55. The fourth-order valence-corrected chi connectivity index (χ4v) is 3.97. The number of sulfonamides is 1. The van der Waals surface area contributed by atoms with Gasteiger partial charge in [0, 0.05) is 24.2 Å². The number of rotatable bonds is 7. The van der Waals surface area contributed by atoms with Crippen molar-refractivity contribution in [2.45, 2.75) is 32.1 Å². The highest BCUT2D eigenvalue weighted by Crippen LogP contribution is 2.18. The quantitative estimate of drug-likeness (QED) is 0.817. The van der Waals surface area contributed by atoms with Gasteiger partial charge in [-0.05, 0) is 24.0 Å². The van der Waals surface area contributed by atoms with E-state index in [1.165, 1.54) is 0 Å². The third kappa shape index (κ3) is 4.50. The van der Waals surface area contributed by atoms with Crippen molar-refractivity contribution in [1.82, 2.24) is 9.71 Å². The lowest BCUT2D eigenvalue weighted by Gasteiger charge is -2.19. The number of benzene rings is 1.